The van der Waals surface area contributed by atoms with Crippen LogP contribution in [0.3, 0.4) is 0 Å². The van der Waals surface area contributed by atoms with Crippen LogP contribution < -0.4 is 10.1 Å². The van der Waals surface area contributed by atoms with Gasteiger partial charge in [0.25, 0.3) is 5.91 Å². The molecule has 0 fully saturated rings. The average molecular weight is 542 g/mol. The number of carbonyl (C=O) groups excluding carboxylic acids is 1. The predicted molar refractivity (Wildman–Crippen MR) is 105 cm³/mol. The highest BCUT2D eigenvalue weighted by Crippen LogP contribution is 2.37. The molecule has 10 nitrogen and oxygen atoms in total. The first kappa shape index (κ1) is 28.8. The minimum atomic E-state index is -6.08. The van der Waals surface area contributed by atoms with Crippen molar-refractivity contribution in [2.24, 2.45) is 0 Å². The Kier molecular flexibility index (Phi) is 8.00. The van der Waals surface area contributed by atoms with E-state index in [0.29, 0.717) is 30.3 Å². The average Bonchev–Trinajstić information content (AvgIpc) is 2.78. The van der Waals surface area contributed by atoms with Gasteiger partial charge in [0.05, 0.1) is 4.92 Å². The summed E-state index contributed by atoms with van der Waals surface area (Å²) in [6.45, 7) is -2.42. The van der Waals surface area contributed by atoms with Crippen LogP contribution in [0.4, 0.5) is 36.4 Å². The molecule has 17 heteroatoms. The van der Waals surface area contributed by atoms with Crippen LogP contribution in [0.5, 0.6) is 5.75 Å². The number of carbonyl (C=O) groups is 3. The maximum atomic E-state index is 13.5. The maximum Gasteiger partial charge on any atom is 0.456 e. The number of halogens is 7. The summed E-state index contributed by atoms with van der Waals surface area (Å²) in [5.41, 5.74) is -5.62. The van der Waals surface area contributed by atoms with Gasteiger partial charge in [-0.1, -0.05) is 6.07 Å². The molecule has 0 spiro atoms. The SMILES string of the molecule is O=C(NC(Cc1ccc(F)c(F)c1)(C(=O)O)C(=O)O)c1ccc([N+](=O)[O-])c(OCC(F)(F)C(F)(F)F)c1. The number of nitro groups is 1. The second-order valence-corrected chi connectivity index (χ2v) is 7.33. The fourth-order valence-corrected chi connectivity index (χ4v) is 2.79. The Morgan fingerprint density at radius 3 is 2.03 bits per heavy atom. The Morgan fingerprint density at radius 1 is 0.946 bits per heavy atom. The van der Waals surface area contributed by atoms with Crippen molar-refractivity contribution in [3.63, 3.8) is 0 Å². The van der Waals surface area contributed by atoms with E-state index in [2.05, 4.69) is 4.74 Å². The molecule has 1 amide bonds. The summed E-state index contributed by atoms with van der Waals surface area (Å²) in [7, 11) is 0. The molecule has 0 atom stereocenters. The zero-order valence-corrected chi connectivity index (χ0v) is 17.8. The van der Waals surface area contributed by atoms with E-state index in [0.717, 1.165) is 6.07 Å². The van der Waals surface area contributed by atoms with Crippen molar-refractivity contribution in [3.8, 4) is 5.75 Å². The molecule has 0 bridgehead atoms. The van der Waals surface area contributed by atoms with Gasteiger partial charge in [-0.2, -0.15) is 22.0 Å². The molecular formula is C20H13F7N2O8. The molecule has 37 heavy (non-hydrogen) atoms. The molecule has 2 rings (SSSR count). The number of benzene rings is 2. The van der Waals surface area contributed by atoms with Gasteiger partial charge in [0.1, 0.15) is 0 Å². The second kappa shape index (κ2) is 10.3. The lowest BCUT2D eigenvalue weighted by atomic mass is 9.90. The lowest BCUT2D eigenvalue weighted by molar-refractivity contribution is -0.386. The Morgan fingerprint density at radius 2 is 1.54 bits per heavy atom. The second-order valence-electron chi connectivity index (χ2n) is 7.33. The van der Waals surface area contributed by atoms with E-state index in [1.54, 1.807) is 5.32 Å². The number of nitrogens with zero attached hydrogens (tertiary/aromatic N) is 1. The third-order valence-electron chi connectivity index (χ3n) is 4.75. The standard InChI is InChI=1S/C20H13F7N2O8/c21-11-3-1-9(5-12(11)22)7-18(16(31)32,17(33)34)28-15(30)10-2-4-13(29(35)36)14(6-10)37-8-19(23,24)20(25,26)27/h1-6H,7-8H2,(H,28,30)(H,31,32)(H,33,34). The van der Waals surface area contributed by atoms with Gasteiger partial charge in [0.15, 0.2) is 24.0 Å². The Balaban J connectivity index is 2.45. The van der Waals surface area contributed by atoms with Crippen molar-refractivity contribution in [1.29, 1.82) is 0 Å². The molecule has 0 aromatic heterocycles. The number of hydrogen-bond donors (Lipinski definition) is 3. The summed E-state index contributed by atoms with van der Waals surface area (Å²) in [6.07, 6.45) is -7.23. The lowest BCUT2D eigenvalue weighted by Crippen LogP contribution is -2.61. The van der Waals surface area contributed by atoms with Crippen LogP contribution in [0.25, 0.3) is 0 Å². The van der Waals surface area contributed by atoms with E-state index < -0.39 is 87.6 Å². The number of alkyl halides is 5. The van der Waals surface area contributed by atoms with E-state index in [4.69, 9.17) is 0 Å². The van der Waals surface area contributed by atoms with Crippen molar-refractivity contribution >= 4 is 23.5 Å². The first-order valence-corrected chi connectivity index (χ1v) is 9.50. The predicted octanol–water partition coefficient (Wildman–Crippen LogP) is 3.33. The summed E-state index contributed by atoms with van der Waals surface area (Å²) in [6, 6.07) is 3.21. The molecule has 0 unspecified atom stereocenters. The Hall–Kier alpha value is -4.44. The molecule has 0 heterocycles. The third kappa shape index (κ3) is 6.22. The van der Waals surface area contributed by atoms with Crippen molar-refractivity contribution in [2.75, 3.05) is 6.61 Å². The summed E-state index contributed by atoms with van der Waals surface area (Å²) in [4.78, 5) is 46.2. The van der Waals surface area contributed by atoms with Gasteiger partial charge in [-0.15, -0.1) is 0 Å². The maximum absolute atomic E-state index is 13.5. The number of rotatable bonds is 10. The van der Waals surface area contributed by atoms with Crippen molar-refractivity contribution in [3.05, 3.63) is 69.3 Å². The van der Waals surface area contributed by atoms with Crippen LogP contribution in [0.1, 0.15) is 15.9 Å². The number of nitrogens with one attached hydrogen (secondary N) is 1. The number of hydrogen-bond acceptors (Lipinski definition) is 6. The number of aliphatic carboxylic acids is 2. The zero-order chi connectivity index (χ0) is 28.3. The number of carboxylic acid groups (broad SMARTS) is 2. The molecule has 0 aliphatic heterocycles. The molecule has 2 aromatic carbocycles. The first-order valence-electron chi connectivity index (χ1n) is 9.50. The van der Waals surface area contributed by atoms with Gasteiger partial charge < -0.3 is 20.3 Å². The van der Waals surface area contributed by atoms with E-state index >= 15 is 0 Å². The third-order valence-corrected chi connectivity index (χ3v) is 4.75. The number of ether oxygens (including phenoxy) is 1. The van der Waals surface area contributed by atoms with E-state index in [-0.39, 0.29) is 0 Å². The van der Waals surface area contributed by atoms with Gasteiger partial charge in [-0.3, -0.25) is 14.9 Å². The smallest absolute Gasteiger partial charge is 0.456 e. The molecular weight excluding hydrogens is 529 g/mol. The Labute approximate surface area is 200 Å². The molecule has 0 aliphatic rings. The van der Waals surface area contributed by atoms with E-state index in [9.17, 15) is 65.4 Å². The number of carboxylic acids is 2. The highest BCUT2D eigenvalue weighted by Gasteiger charge is 2.58. The largest absolute Gasteiger partial charge is 0.480 e. The van der Waals surface area contributed by atoms with Crippen molar-refractivity contribution in [2.45, 2.75) is 24.1 Å². The topological polar surface area (TPSA) is 156 Å². The number of nitro benzene ring substituents is 1. The van der Waals surface area contributed by atoms with Crippen LogP contribution in [0.2, 0.25) is 0 Å². The molecule has 200 valence electrons. The molecule has 2 aromatic rings. The molecule has 0 saturated carbocycles. The van der Waals surface area contributed by atoms with Crippen LogP contribution in [0.15, 0.2) is 36.4 Å². The summed E-state index contributed by atoms with van der Waals surface area (Å²) in [5, 5.41) is 31.7. The van der Waals surface area contributed by atoms with Crippen LogP contribution >= 0.6 is 0 Å². The zero-order valence-electron chi connectivity index (χ0n) is 17.8. The van der Waals surface area contributed by atoms with Gasteiger partial charge in [0.2, 0.25) is 5.54 Å². The highest BCUT2D eigenvalue weighted by atomic mass is 19.4. The van der Waals surface area contributed by atoms with Gasteiger partial charge in [-0.05, 0) is 23.8 Å². The minimum Gasteiger partial charge on any atom is -0.480 e. The van der Waals surface area contributed by atoms with Gasteiger partial charge >= 0.3 is 29.7 Å². The summed E-state index contributed by atoms with van der Waals surface area (Å²) >= 11 is 0. The van der Waals surface area contributed by atoms with E-state index in [1.165, 1.54) is 0 Å². The monoisotopic (exact) mass is 542 g/mol. The quantitative estimate of drug-likeness (QED) is 0.179. The molecule has 3 N–H and O–H groups in total. The fraction of sp³-hybridized carbons (Fsp3) is 0.250. The fourth-order valence-electron chi connectivity index (χ4n) is 2.79. The molecule has 0 aliphatic carbocycles. The Bertz CT molecular complexity index is 1240. The summed E-state index contributed by atoms with van der Waals surface area (Å²) < 4.78 is 94.4. The molecule has 0 radical (unpaired) electrons. The number of amides is 1. The summed E-state index contributed by atoms with van der Waals surface area (Å²) in [5.74, 6) is -15.5. The highest BCUT2D eigenvalue weighted by molar-refractivity contribution is 6.09. The first-order chi connectivity index (χ1) is 16.9. The normalized spacial score (nSPS) is 12.1. The van der Waals surface area contributed by atoms with E-state index in [1.807, 2.05) is 0 Å². The minimum absolute atomic E-state index is 0.311. The van der Waals surface area contributed by atoms with Crippen LogP contribution in [-0.4, -0.2) is 57.2 Å². The van der Waals surface area contributed by atoms with Gasteiger partial charge in [0, 0.05) is 24.1 Å². The lowest BCUT2D eigenvalue weighted by Gasteiger charge is -2.26. The molecule has 0 saturated heterocycles. The van der Waals surface area contributed by atoms with Crippen LogP contribution in [-0.2, 0) is 16.0 Å². The van der Waals surface area contributed by atoms with Crippen LogP contribution in [0, 0.1) is 21.7 Å². The van der Waals surface area contributed by atoms with Gasteiger partial charge in [-0.25, -0.2) is 18.4 Å². The van der Waals surface area contributed by atoms with Crippen molar-refractivity contribution in [1.82, 2.24) is 5.32 Å². The van der Waals surface area contributed by atoms with Crippen molar-refractivity contribution < 1.29 is 65.0 Å².